The lowest BCUT2D eigenvalue weighted by atomic mass is 10.0. The molecule has 0 unspecified atom stereocenters. The van der Waals surface area contributed by atoms with Gasteiger partial charge in [0.15, 0.2) is 0 Å². The first-order valence-corrected chi connectivity index (χ1v) is 8.24. The number of nitrogens with one attached hydrogen (secondary N) is 1. The smallest absolute Gasteiger partial charge is 0.119 e. The van der Waals surface area contributed by atoms with Gasteiger partial charge in [0.05, 0.1) is 11.8 Å². The molecule has 0 aromatic heterocycles. The highest BCUT2D eigenvalue weighted by Gasteiger charge is 2.29. The third-order valence-electron chi connectivity index (χ3n) is 4.79. The van der Waals surface area contributed by atoms with Crippen LogP contribution in [-0.2, 0) is 0 Å². The summed E-state index contributed by atoms with van der Waals surface area (Å²) >= 11 is 0. The largest absolute Gasteiger partial charge is 0.492 e. The minimum atomic E-state index is 0.256. The van der Waals surface area contributed by atoms with Gasteiger partial charge in [-0.15, -0.1) is 0 Å². The molecule has 1 heterocycles. The van der Waals surface area contributed by atoms with Crippen molar-refractivity contribution in [2.75, 3.05) is 27.2 Å². The molecule has 4 nitrogen and oxygen atoms in total. The maximum absolute atomic E-state index is 5.89. The second-order valence-electron chi connectivity index (χ2n) is 6.40. The number of hydrogen-bond donors (Lipinski definition) is 1. The zero-order chi connectivity index (χ0) is 17.0. The number of aliphatic imine (C=N–C) groups is 1. The molecule has 0 amide bonds. The van der Waals surface area contributed by atoms with Gasteiger partial charge < -0.3 is 10.1 Å². The van der Waals surface area contributed by atoms with Crippen LogP contribution in [0.4, 0.5) is 0 Å². The summed E-state index contributed by atoms with van der Waals surface area (Å²) < 4.78 is 5.89. The number of nitrogens with zero attached hydrogens (tertiary/aromatic N) is 2. The van der Waals surface area contributed by atoms with Crippen LogP contribution < -0.4 is 10.1 Å². The molecule has 2 atom stereocenters. The van der Waals surface area contributed by atoms with Crippen LogP contribution in [0.25, 0.3) is 0 Å². The Morgan fingerprint density at radius 1 is 1.26 bits per heavy atom. The van der Waals surface area contributed by atoms with Crippen LogP contribution in [0.5, 0.6) is 5.75 Å². The zero-order valence-corrected chi connectivity index (χ0v) is 15.2. The van der Waals surface area contributed by atoms with Crippen molar-refractivity contribution in [1.29, 1.82) is 0 Å². The second-order valence-corrected chi connectivity index (χ2v) is 6.40. The highest BCUT2D eigenvalue weighted by Crippen LogP contribution is 2.17. The van der Waals surface area contributed by atoms with Crippen molar-refractivity contribution in [1.82, 2.24) is 10.2 Å². The Morgan fingerprint density at radius 2 is 2.00 bits per heavy atom. The first-order chi connectivity index (χ1) is 10.9. The predicted molar refractivity (Wildman–Crippen MR) is 97.5 cm³/mol. The van der Waals surface area contributed by atoms with E-state index in [1.165, 1.54) is 16.7 Å². The Kier molecular flexibility index (Phi) is 5.83. The first kappa shape index (κ1) is 17.5. The maximum Gasteiger partial charge on any atom is 0.119 e. The fourth-order valence-corrected chi connectivity index (χ4v) is 2.87. The number of likely N-dealkylation sites (N-methyl/N-ethyl adjacent to an activating group) is 1. The average Bonchev–Trinajstić information content (AvgIpc) is 2.90. The summed E-state index contributed by atoms with van der Waals surface area (Å²) in [5.41, 5.74) is 4.94. The van der Waals surface area contributed by atoms with Crippen molar-refractivity contribution in [3.8, 4) is 5.75 Å². The van der Waals surface area contributed by atoms with Crippen LogP contribution in [0.3, 0.4) is 0 Å². The van der Waals surface area contributed by atoms with Gasteiger partial charge in [-0.1, -0.05) is 6.07 Å². The molecule has 0 saturated carbocycles. The average molecular weight is 315 g/mol. The fourth-order valence-electron chi connectivity index (χ4n) is 2.87. The van der Waals surface area contributed by atoms with Crippen LogP contribution in [0.2, 0.25) is 0 Å². The van der Waals surface area contributed by atoms with E-state index in [0.29, 0.717) is 12.6 Å². The van der Waals surface area contributed by atoms with Gasteiger partial charge in [-0.2, -0.15) is 0 Å². The monoisotopic (exact) mass is 315 g/mol. The molecule has 126 valence electrons. The molecule has 2 rings (SSSR count). The summed E-state index contributed by atoms with van der Waals surface area (Å²) in [5.74, 6) is 0.946. The molecular weight excluding hydrogens is 286 g/mol. The quantitative estimate of drug-likeness (QED) is 0.877. The van der Waals surface area contributed by atoms with E-state index in [4.69, 9.17) is 4.74 Å². The third-order valence-corrected chi connectivity index (χ3v) is 4.79. The topological polar surface area (TPSA) is 36.9 Å². The van der Waals surface area contributed by atoms with Crippen molar-refractivity contribution < 1.29 is 4.74 Å². The van der Waals surface area contributed by atoms with Crippen LogP contribution >= 0.6 is 0 Å². The van der Waals surface area contributed by atoms with Crippen molar-refractivity contribution in [3.63, 3.8) is 0 Å². The Hall–Kier alpha value is -1.81. The van der Waals surface area contributed by atoms with E-state index in [-0.39, 0.29) is 6.04 Å². The van der Waals surface area contributed by atoms with E-state index in [1.807, 2.05) is 13.1 Å². The second kappa shape index (κ2) is 7.64. The Morgan fingerprint density at radius 3 is 2.65 bits per heavy atom. The van der Waals surface area contributed by atoms with Crippen molar-refractivity contribution in [2.24, 2.45) is 4.99 Å². The Bertz CT molecular complexity index is 607. The molecule has 1 N–H and O–H groups in total. The van der Waals surface area contributed by atoms with E-state index in [2.05, 4.69) is 68.3 Å². The maximum atomic E-state index is 5.89. The predicted octanol–water partition coefficient (Wildman–Crippen LogP) is 2.95. The SMILES string of the molecule is C/N=C1/C(C)=CN[C@@H]1[C@@H](C)N(C)CCOc1ccc(C)c(C)c1. The molecule has 1 aromatic rings. The number of rotatable bonds is 6. The fraction of sp³-hybridized carbons (Fsp3) is 0.526. The van der Waals surface area contributed by atoms with Gasteiger partial charge in [0.25, 0.3) is 0 Å². The van der Waals surface area contributed by atoms with E-state index in [1.54, 1.807) is 0 Å². The zero-order valence-electron chi connectivity index (χ0n) is 15.2. The number of hydrogen-bond acceptors (Lipinski definition) is 4. The van der Waals surface area contributed by atoms with Crippen LogP contribution in [-0.4, -0.2) is 49.9 Å². The lowest BCUT2D eigenvalue weighted by Gasteiger charge is -2.30. The molecule has 0 saturated heterocycles. The van der Waals surface area contributed by atoms with Gasteiger partial charge >= 0.3 is 0 Å². The number of ether oxygens (including phenoxy) is 1. The van der Waals surface area contributed by atoms with Crippen LogP contribution in [0.15, 0.2) is 35.0 Å². The third kappa shape index (κ3) is 4.14. The minimum absolute atomic E-state index is 0.256. The van der Waals surface area contributed by atoms with Crippen molar-refractivity contribution >= 4 is 5.71 Å². The molecule has 1 aliphatic rings. The lowest BCUT2D eigenvalue weighted by molar-refractivity contribution is 0.190. The lowest BCUT2D eigenvalue weighted by Crippen LogP contribution is -2.48. The molecule has 0 bridgehead atoms. The summed E-state index contributed by atoms with van der Waals surface area (Å²) in [6.45, 7) is 10.1. The van der Waals surface area contributed by atoms with Crippen molar-refractivity contribution in [2.45, 2.75) is 39.8 Å². The summed E-state index contributed by atoms with van der Waals surface area (Å²) in [6.07, 6.45) is 2.06. The van der Waals surface area contributed by atoms with Gasteiger partial charge in [-0.05, 0) is 63.6 Å². The summed E-state index contributed by atoms with van der Waals surface area (Å²) in [4.78, 5) is 6.74. The molecule has 0 radical (unpaired) electrons. The summed E-state index contributed by atoms with van der Waals surface area (Å²) in [6, 6.07) is 6.86. The van der Waals surface area contributed by atoms with Gasteiger partial charge in [0.2, 0.25) is 0 Å². The molecule has 1 aliphatic heterocycles. The standard InChI is InChI=1S/C19H29N3O/c1-13-7-8-17(11-14(13)2)23-10-9-22(6)16(4)19-18(20-5)15(3)12-21-19/h7-8,11-12,16,19,21H,9-10H2,1-6H3/b20-18-/t16-,19-/m1/s1. The Balaban J connectivity index is 1.85. The molecule has 23 heavy (non-hydrogen) atoms. The van der Waals surface area contributed by atoms with Gasteiger partial charge in [-0.25, -0.2) is 0 Å². The van der Waals surface area contributed by atoms with Gasteiger partial charge in [0, 0.05) is 25.8 Å². The first-order valence-electron chi connectivity index (χ1n) is 8.24. The summed E-state index contributed by atoms with van der Waals surface area (Å²) in [5, 5.41) is 3.43. The van der Waals surface area contributed by atoms with E-state index < -0.39 is 0 Å². The minimum Gasteiger partial charge on any atom is -0.492 e. The van der Waals surface area contributed by atoms with E-state index in [0.717, 1.165) is 18.0 Å². The number of benzene rings is 1. The highest BCUT2D eigenvalue weighted by atomic mass is 16.5. The van der Waals surface area contributed by atoms with E-state index >= 15 is 0 Å². The van der Waals surface area contributed by atoms with Gasteiger partial charge in [-0.3, -0.25) is 9.89 Å². The van der Waals surface area contributed by atoms with Crippen molar-refractivity contribution in [3.05, 3.63) is 41.1 Å². The number of aryl methyl sites for hydroxylation is 2. The van der Waals surface area contributed by atoms with E-state index in [9.17, 15) is 0 Å². The van der Waals surface area contributed by atoms with Gasteiger partial charge in [0.1, 0.15) is 12.4 Å². The summed E-state index contributed by atoms with van der Waals surface area (Å²) in [7, 11) is 4.00. The van der Waals surface area contributed by atoms with Crippen LogP contribution in [0, 0.1) is 13.8 Å². The molecule has 0 spiro atoms. The molecule has 0 fully saturated rings. The normalized spacial score (nSPS) is 20.6. The molecular formula is C19H29N3O. The highest BCUT2D eigenvalue weighted by molar-refractivity contribution is 6.06. The molecule has 4 heteroatoms. The Labute approximate surface area is 140 Å². The molecule has 0 aliphatic carbocycles. The molecule has 1 aromatic carbocycles. The van der Waals surface area contributed by atoms with Crippen LogP contribution in [0.1, 0.15) is 25.0 Å².